The third-order valence-corrected chi connectivity index (χ3v) is 3.29. The smallest absolute Gasteiger partial charge is 0.318 e. The van der Waals surface area contributed by atoms with Crippen molar-refractivity contribution in [2.75, 3.05) is 6.54 Å². The number of piperazine rings is 1. The van der Waals surface area contributed by atoms with E-state index < -0.39 is 35.9 Å². The number of nitrogens with zero attached hydrogens (tertiary/aromatic N) is 1. The van der Waals surface area contributed by atoms with Crippen molar-refractivity contribution in [1.82, 2.24) is 15.5 Å². The fourth-order valence-corrected chi connectivity index (χ4v) is 2.33. The lowest BCUT2D eigenvalue weighted by Gasteiger charge is -2.34. The summed E-state index contributed by atoms with van der Waals surface area (Å²) in [7, 11) is 0. The van der Waals surface area contributed by atoms with Crippen LogP contribution in [0.3, 0.4) is 0 Å². The molecule has 8 nitrogen and oxygen atoms in total. The van der Waals surface area contributed by atoms with Crippen LogP contribution < -0.4 is 10.6 Å². The van der Waals surface area contributed by atoms with Crippen molar-refractivity contribution in [3.05, 3.63) is 0 Å². The Balaban J connectivity index is 2.76. The molecule has 0 aromatic heterocycles. The van der Waals surface area contributed by atoms with Gasteiger partial charge in [-0.15, -0.1) is 0 Å². The summed E-state index contributed by atoms with van der Waals surface area (Å²) in [6.07, 6.45) is 1.42. The van der Waals surface area contributed by atoms with Crippen molar-refractivity contribution in [2.24, 2.45) is 0 Å². The van der Waals surface area contributed by atoms with Gasteiger partial charge in [-0.2, -0.15) is 0 Å². The van der Waals surface area contributed by atoms with Gasteiger partial charge in [0.25, 0.3) is 0 Å². The molecule has 0 radical (unpaired) electrons. The average molecular weight is 299 g/mol. The lowest BCUT2D eigenvalue weighted by atomic mass is 10.1. The van der Waals surface area contributed by atoms with Crippen LogP contribution >= 0.6 is 0 Å². The van der Waals surface area contributed by atoms with Crippen molar-refractivity contribution in [2.45, 2.75) is 51.6 Å². The summed E-state index contributed by atoms with van der Waals surface area (Å²) in [4.78, 5) is 47.2. The van der Waals surface area contributed by atoms with E-state index in [0.29, 0.717) is 12.8 Å². The number of carboxylic acids is 1. The molecule has 118 valence electrons. The second-order valence-electron chi connectivity index (χ2n) is 5.00. The monoisotopic (exact) mass is 299 g/mol. The first-order chi connectivity index (χ1) is 9.88. The predicted octanol–water partition coefficient (Wildman–Crippen LogP) is 0.0764. The summed E-state index contributed by atoms with van der Waals surface area (Å²) in [5.41, 5.74) is 0. The number of aliphatic carboxylic acids is 1. The molecule has 0 aliphatic carbocycles. The third-order valence-electron chi connectivity index (χ3n) is 3.29. The van der Waals surface area contributed by atoms with E-state index in [1.807, 2.05) is 6.92 Å². The number of urea groups is 1. The number of nitrogens with one attached hydrogen (secondary N) is 2. The molecule has 2 unspecified atom stereocenters. The van der Waals surface area contributed by atoms with Crippen LogP contribution in [0.25, 0.3) is 0 Å². The third kappa shape index (κ3) is 4.73. The summed E-state index contributed by atoms with van der Waals surface area (Å²) in [5.74, 6) is -2.05. The van der Waals surface area contributed by atoms with Gasteiger partial charge in [0.15, 0.2) is 0 Å². The Bertz CT molecular complexity index is 438. The zero-order valence-corrected chi connectivity index (χ0v) is 12.2. The molecule has 1 fully saturated rings. The lowest BCUT2D eigenvalue weighted by molar-refractivity contribution is -0.139. The summed E-state index contributed by atoms with van der Waals surface area (Å²) in [6.45, 7) is 3.41. The van der Waals surface area contributed by atoms with E-state index in [0.717, 1.165) is 11.3 Å². The van der Waals surface area contributed by atoms with Gasteiger partial charge in [-0.3, -0.25) is 19.7 Å². The zero-order valence-electron chi connectivity index (χ0n) is 12.2. The maximum atomic E-state index is 12.2. The lowest BCUT2D eigenvalue weighted by Crippen LogP contribution is -2.62. The first kappa shape index (κ1) is 16.9. The molecule has 1 aliphatic rings. The average Bonchev–Trinajstić information content (AvgIpc) is 2.37. The number of imide groups is 1. The Morgan fingerprint density at radius 3 is 2.62 bits per heavy atom. The molecule has 8 heteroatoms. The fourth-order valence-electron chi connectivity index (χ4n) is 2.33. The van der Waals surface area contributed by atoms with Crippen LogP contribution in [0.4, 0.5) is 4.79 Å². The number of amides is 4. The summed E-state index contributed by atoms with van der Waals surface area (Å²) >= 11 is 0. The SMILES string of the molecule is CCCC(CC(=O)O)NC(=O)N1CC(=O)NC(=O)C1CC. The quantitative estimate of drug-likeness (QED) is 0.600. The van der Waals surface area contributed by atoms with Gasteiger partial charge < -0.3 is 15.3 Å². The van der Waals surface area contributed by atoms with Crippen molar-refractivity contribution in [3.8, 4) is 0 Å². The molecular formula is C13H21N3O5. The molecule has 1 saturated heterocycles. The van der Waals surface area contributed by atoms with E-state index in [1.165, 1.54) is 0 Å². The Kier molecular flexibility index (Phi) is 6.13. The second kappa shape index (κ2) is 7.61. The van der Waals surface area contributed by atoms with Gasteiger partial charge in [-0.25, -0.2) is 4.79 Å². The molecule has 4 amide bonds. The minimum absolute atomic E-state index is 0.190. The van der Waals surface area contributed by atoms with Gasteiger partial charge in [0.05, 0.1) is 6.42 Å². The van der Waals surface area contributed by atoms with Gasteiger partial charge in [-0.1, -0.05) is 20.3 Å². The van der Waals surface area contributed by atoms with Gasteiger partial charge in [0, 0.05) is 6.04 Å². The van der Waals surface area contributed by atoms with E-state index in [2.05, 4.69) is 10.6 Å². The molecule has 3 N–H and O–H groups in total. The van der Waals surface area contributed by atoms with Gasteiger partial charge in [0.2, 0.25) is 11.8 Å². The first-order valence-electron chi connectivity index (χ1n) is 7.01. The predicted molar refractivity (Wildman–Crippen MR) is 73.4 cm³/mol. The molecule has 1 rings (SSSR count). The number of carboxylic acid groups (broad SMARTS) is 1. The molecule has 21 heavy (non-hydrogen) atoms. The van der Waals surface area contributed by atoms with Crippen LogP contribution in [0.15, 0.2) is 0 Å². The largest absolute Gasteiger partial charge is 0.481 e. The molecular weight excluding hydrogens is 278 g/mol. The minimum Gasteiger partial charge on any atom is -0.481 e. The van der Waals surface area contributed by atoms with Crippen LogP contribution in [-0.4, -0.2) is 52.4 Å². The maximum absolute atomic E-state index is 12.2. The van der Waals surface area contributed by atoms with Crippen LogP contribution in [0.5, 0.6) is 0 Å². The molecule has 0 spiro atoms. The highest BCUT2D eigenvalue weighted by molar-refractivity contribution is 6.04. The van der Waals surface area contributed by atoms with Crippen LogP contribution in [-0.2, 0) is 14.4 Å². The Morgan fingerprint density at radius 1 is 1.43 bits per heavy atom. The molecule has 0 aromatic rings. The highest BCUT2D eigenvalue weighted by Gasteiger charge is 2.36. The molecule has 0 aromatic carbocycles. The first-order valence-corrected chi connectivity index (χ1v) is 7.01. The Hall–Kier alpha value is -2.12. The van der Waals surface area contributed by atoms with E-state index in [-0.39, 0.29) is 13.0 Å². The summed E-state index contributed by atoms with van der Waals surface area (Å²) < 4.78 is 0. The van der Waals surface area contributed by atoms with E-state index in [1.54, 1.807) is 6.92 Å². The van der Waals surface area contributed by atoms with Gasteiger partial charge in [0.1, 0.15) is 12.6 Å². The number of hydrogen-bond acceptors (Lipinski definition) is 4. The molecule has 2 atom stereocenters. The highest BCUT2D eigenvalue weighted by Crippen LogP contribution is 2.11. The normalized spacial score (nSPS) is 19.9. The molecule has 1 aliphatic heterocycles. The zero-order chi connectivity index (χ0) is 16.0. The highest BCUT2D eigenvalue weighted by atomic mass is 16.4. The van der Waals surface area contributed by atoms with E-state index in [9.17, 15) is 19.2 Å². The minimum atomic E-state index is -1.01. The van der Waals surface area contributed by atoms with Crippen molar-refractivity contribution >= 4 is 23.8 Å². The molecule has 0 bridgehead atoms. The number of hydrogen-bond donors (Lipinski definition) is 3. The van der Waals surface area contributed by atoms with Crippen molar-refractivity contribution in [1.29, 1.82) is 0 Å². The second-order valence-corrected chi connectivity index (χ2v) is 5.00. The van der Waals surface area contributed by atoms with Crippen LogP contribution in [0, 0.1) is 0 Å². The Morgan fingerprint density at radius 2 is 2.10 bits per heavy atom. The van der Waals surface area contributed by atoms with Crippen LogP contribution in [0.1, 0.15) is 39.5 Å². The molecule has 1 heterocycles. The van der Waals surface area contributed by atoms with E-state index >= 15 is 0 Å². The molecule has 0 saturated carbocycles. The fraction of sp³-hybridized carbons (Fsp3) is 0.692. The summed E-state index contributed by atoms with van der Waals surface area (Å²) in [6, 6.07) is -1.81. The maximum Gasteiger partial charge on any atom is 0.318 e. The number of carbonyl (C=O) groups excluding carboxylic acids is 3. The Labute approximate surface area is 122 Å². The standard InChI is InChI=1S/C13H21N3O5/c1-3-5-8(6-11(18)19)14-13(21)16-7-10(17)15-12(20)9(16)4-2/h8-9H,3-7H2,1-2H3,(H,14,21)(H,18,19)(H,15,17,20). The van der Waals surface area contributed by atoms with Gasteiger partial charge in [-0.05, 0) is 12.8 Å². The van der Waals surface area contributed by atoms with Crippen LogP contribution in [0.2, 0.25) is 0 Å². The van der Waals surface area contributed by atoms with Crippen molar-refractivity contribution < 1.29 is 24.3 Å². The number of carbonyl (C=O) groups is 4. The van der Waals surface area contributed by atoms with Crippen molar-refractivity contribution in [3.63, 3.8) is 0 Å². The summed E-state index contributed by atoms with van der Waals surface area (Å²) in [5, 5.41) is 13.6. The topological polar surface area (TPSA) is 116 Å². The van der Waals surface area contributed by atoms with Gasteiger partial charge >= 0.3 is 12.0 Å². The van der Waals surface area contributed by atoms with E-state index in [4.69, 9.17) is 5.11 Å². The number of rotatable bonds is 6.